The van der Waals surface area contributed by atoms with E-state index in [4.69, 9.17) is 5.73 Å². The highest BCUT2D eigenvalue weighted by atomic mass is 14.6. The summed E-state index contributed by atoms with van der Waals surface area (Å²) in [6.07, 6.45) is 2.46. The van der Waals surface area contributed by atoms with Crippen LogP contribution in [-0.2, 0) is 6.42 Å². The Morgan fingerprint density at radius 1 is 1.43 bits per heavy atom. The van der Waals surface area contributed by atoms with Gasteiger partial charge in [0.2, 0.25) is 0 Å². The number of fused-ring (bicyclic) bond motifs is 1. The number of hydrogen-bond acceptors (Lipinski definition) is 1. The maximum atomic E-state index is 5.77. The predicted octanol–water partition coefficient (Wildman–Crippen LogP) is 2.80. The van der Waals surface area contributed by atoms with Gasteiger partial charge in [0.05, 0.1) is 0 Å². The first kappa shape index (κ1) is 9.72. The molecule has 0 bridgehead atoms. The highest BCUT2D eigenvalue weighted by Crippen LogP contribution is 2.34. The van der Waals surface area contributed by atoms with Crippen LogP contribution in [0.2, 0.25) is 0 Å². The van der Waals surface area contributed by atoms with E-state index in [1.807, 2.05) is 0 Å². The van der Waals surface area contributed by atoms with Gasteiger partial charge >= 0.3 is 0 Å². The van der Waals surface area contributed by atoms with E-state index in [1.54, 1.807) is 0 Å². The molecule has 0 aromatic heterocycles. The molecule has 0 spiro atoms. The number of rotatable bonds is 2. The van der Waals surface area contributed by atoms with E-state index in [9.17, 15) is 0 Å². The Morgan fingerprint density at radius 3 is 2.86 bits per heavy atom. The van der Waals surface area contributed by atoms with E-state index >= 15 is 0 Å². The molecule has 1 unspecified atom stereocenters. The Kier molecular flexibility index (Phi) is 2.60. The van der Waals surface area contributed by atoms with Crippen molar-refractivity contribution in [3.8, 4) is 0 Å². The zero-order chi connectivity index (χ0) is 10.1. The van der Waals surface area contributed by atoms with Crippen molar-refractivity contribution in [1.82, 2.24) is 0 Å². The van der Waals surface area contributed by atoms with Crippen LogP contribution in [0.5, 0.6) is 0 Å². The summed E-state index contributed by atoms with van der Waals surface area (Å²) in [5, 5.41) is 0. The van der Waals surface area contributed by atoms with Gasteiger partial charge < -0.3 is 5.73 Å². The lowest BCUT2D eigenvalue weighted by Crippen LogP contribution is -2.09. The third-order valence-electron chi connectivity index (χ3n) is 3.32. The summed E-state index contributed by atoms with van der Waals surface area (Å²) in [6, 6.07) is 6.92. The molecule has 1 nitrogen and oxygen atoms in total. The second-order valence-electron chi connectivity index (χ2n) is 4.58. The topological polar surface area (TPSA) is 26.0 Å². The first-order chi connectivity index (χ1) is 6.72. The van der Waals surface area contributed by atoms with Crippen molar-refractivity contribution < 1.29 is 0 Å². The van der Waals surface area contributed by atoms with Crippen molar-refractivity contribution >= 4 is 0 Å². The molecule has 76 valence electrons. The van der Waals surface area contributed by atoms with Gasteiger partial charge in [-0.25, -0.2) is 0 Å². The highest BCUT2D eigenvalue weighted by Gasteiger charge is 2.21. The van der Waals surface area contributed by atoms with E-state index in [-0.39, 0.29) is 0 Å². The largest absolute Gasteiger partial charge is 0.330 e. The number of hydrogen-bond donors (Lipinski definition) is 1. The molecule has 0 radical (unpaired) electrons. The van der Waals surface area contributed by atoms with Crippen LogP contribution in [0, 0.1) is 0 Å². The van der Waals surface area contributed by atoms with Crippen LogP contribution in [0.15, 0.2) is 18.2 Å². The number of benzene rings is 1. The average Bonchev–Trinajstić information content (AvgIpc) is 2.59. The van der Waals surface area contributed by atoms with Gasteiger partial charge in [-0.2, -0.15) is 0 Å². The van der Waals surface area contributed by atoms with Crippen molar-refractivity contribution in [3.63, 3.8) is 0 Å². The molecule has 0 saturated carbocycles. The molecule has 1 atom stereocenters. The summed E-state index contributed by atoms with van der Waals surface area (Å²) in [4.78, 5) is 0. The van der Waals surface area contributed by atoms with E-state index < -0.39 is 0 Å². The SMILES string of the molecule is CC(C)c1ccc2c(c1)C(CN)CC2. The lowest BCUT2D eigenvalue weighted by atomic mass is 9.95. The van der Waals surface area contributed by atoms with E-state index in [1.165, 1.54) is 29.5 Å². The molecule has 0 aliphatic heterocycles. The van der Waals surface area contributed by atoms with Gasteiger partial charge in [0.25, 0.3) is 0 Å². The van der Waals surface area contributed by atoms with Crippen molar-refractivity contribution in [3.05, 3.63) is 34.9 Å². The molecule has 1 aliphatic rings. The fourth-order valence-corrected chi connectivity index (χ4v) is 2.31. The Morgan fingerprint density at radius 2 is 2.21 bits per heavy atom. The lowest BCUT2D eigenvalue weighted by Gasteiger charge is -2.12. The molecular weight excluding hydrogens is 170 g/mol. The van der Waals surface area contributed by atoms with Crippen LogP contribution in [-0.4, -0.2) is 6.54 Å². The molecule has 2 N–H and O–H groups in total. The van der Waals surface area contributed by atoms with Crippen LogP contribution in [0.3, 0.4) is 0 Å². The maximum absolute atomic E-state index is 5.77. The molecule has 0 saturated heterocycles. The first-order valence-electron chi connectivity index (χ1n) is 5.55. The van der Waals surface area contributed by atoms with Crippen molar-refractivity contribution in [2.45, 2.75) is 38.5 Å². The minimum atomic E-state index is 0.615. The second-order valence-corrected chi connectivity index (χ2v) is 4.58. The summed E-state index contributed by atoms with van der Waals surface area (Å²) in [7, 11) is 0. The van der Waals surface area contributed by atoms with Crippen LogP contribution in [0.1, 0.15) is 48.8 Å². The highest BCUT2D eigenvalue weighted by molar-refractivity contribution is 5.39. The minimum absolute atomic E-state index is 0.615. The first-order valence-corrected chi connectivity index (χ1v) is 5.55. The second kappa shape index (κ2) is 3.74. The van der Waals surface area contributed by atoms with E-state index in [2.05, 4.69) is 32.0 Å². The van der Waals surface area contributed by atoms with Gasteiger partial charge in [-0.3, -0.25) is 0 Å². The van der Waals surface area contributed by atoms with Crippen LogP contribution in [0.4, 0.5) is 0 Å². The number of aryl methyl sites for hydroxylation is 1. The molecule has 1 aromatic carbocycles. The normalized spacial score (nSPS) is 20.1. The summed E-state index contributed by atoms with van der Waals surface area (Å²) >= 11 is 0. The quantitative estimate of drug-likeness (QED) is 0.760. The molecule has 14 heavy (non-hydrogen) atoms. The smallest absolute Gasteiger partial charge is 0.000802 e. The Bertz CT molecular complexity index is 328. The monoisotopic (exact) mass is 189 g/mol. The molecular formula is C13H19N. The molecule has 1 aromatic rings. The number of nitrogens with two attached hydrogens (primary N) is 1. The van der Waals surface area contributed by atoms with Gasteiger partial charge in [0.15, 0.2) is 0 Å². The maximum Gasteiger partial charge on any atom is -0.000802 e. The molecule has 0 amide bonds. The van der Waals surface area contributed by atoms with Crippen LogP contribution >= 0.6 is 0 Å². The summed E-state index contributed by atoms with van der Waals surface area (Å²) in [5.74, 6) is 1.24. The third-order valence-corrected chi connectivity index (χ3v) is 3.32. The van der Waals surface area contributed by atoms with Crippen LogP contribution < -0.4 is 5.73 Å². The third kappa shape index (κ3) is 1.57. The van der Waals surface area contributed by atoms with Crippen molar-refractivity contribution in [2.24, 2.45) is 5.73 Å². The van der Waals surface area contributed by atoms with Gasteiger partial charge in [0.1, 0.15) is 0 Å². The van der Waals surface area contributed by atoms with E-state index in [0.29, 0.717) is 11.8 Å². The summed E-state index contributed by atoms with van der Waals surface area (Å²) in [5.41, 5.74) is 10.3. The minimum Gasteiger partial charge on any atom is -0.330 e. The van der Waals surface area contributed by atoms with Gasteiger partial charge in [-0.1, -0.05) is 32.0 Å². The predicted molar refractivity (Wildman–Crippen MR) is 60.6 cm³/mol. The van der Waals surface area contributed by atoms with Crippen LogP contribution in [0.25, 0.3) is 0 Å². The van der Waals surface area contributed by atoms with Gasteiger partial charge in [0, 0.05) is 0 Å². The van der Waals surface area contributed by atoms with E-state index in [0.717, 1.165) is 6.54 Å². The van der Waals surface area contributed by atoms with Crippen molar-refractivity contribution in [1.29, 1.82) is 0 Å². The molecule has 2 rings (SSSR count). The Labute approximate surface area is 86.3 Å². The lowest BCUT2D eigenvalue weighted by molar-refractivity contribution is 0.687. The molecule has 0 heterocycles. The molecule has 1 heteroatoms. The Balaban J connectivity index is 2.37. The molecule has 0 fully saturated rings. The standard InChI is InChI=1S/C13H19N/c1-9(2)11-5-3-10-4-6-12(8-14)13(10)7-11/h3,5,7,9,12H,4,6,8,14H2,1-2H3. The fourth-order valence-electron chi connectivity index (χ4n) is 2.31. The summed E-state index contributed by atoms with van der Waals surface area (Å²) in [6.45, 7) is 5.29. The average molecular weight is 189 g/mol. The van der Waals surface area contributed by atoms with Gasteiger partial charge in [-0.05, 0) is 47.9 Å². The van der Waals surface area contributed by atoms with Gasteiger partial charge in [-0.15, -0.1) is 0 Å². The molecule has 1 aliphatic carbocycles. The zero-order valence-electron chi connectivity index (χ0n) is 9.09. The Hall–Kier alpha value is -0.820. The van der Waals surface area contributed by atoms with Crippen molar-refractivity contribution in [2.75, 3.05) is 6.54 Å². The summed E-state index contributed by atoms with van der Waals surface area (Å²) < 4.78 is 0. The fraction of sp³-hybridized carbons (Fsp3) is 0.538. The zero-order valence-corrected chi connectivity index (χ0v) is 9.09.